The lowest BCUT2D eigenvalue weighted by Gasteiger charge is -2.34. The van der Waals surface area contributed by atoms with Crippen molar-refractivity contribution in [2.24, 2.45) is 0 Å². The Morgan fingerprint density at radius 3 is 1.28 bits per heavy atom. The molecule has 1 heterocycles. The fraction of sp³-hybridized carbons (Fsp3) is 0.227. The molecule has 58 heavy (non-hydrogen) atoms. The maximum absolute atomic E-state index is 13.1. The van der Waals surface area contributed by atoms with Crippen LogP contribution in [0.15, 0.2) is 143 Å². The van der Waals surface area contributed by atoms with Crippen LogP contribution in [-0.4, -0.2) is 90.8 Å². The monoisotopic (exact) mass is 818 g/mol. The van der Waals surface area contributed by atoms with Gasteiger partial charge in [0, 0.05) is 61.8 Å². The molecule has 0 atom stereocenters. The summed E-state index contributed by atoms with van der Waals surface area (Å²) in [5.41, 5.74) is 1.37. The summed E-state index contributed by atoms with van der Waals surface area (Å²) in [6, 6.07) is 38.0. The Hall–Kier alpha value is -5.80. The topological polar surface area (TPSA) is 157 Å². The second-order valence-electron chi connectivity index (χ2n) is 14.3. The first-order chi connectivity index (χ1) is 28.0. The number of fused-ring (bicyclic) bond motifs is 2. The van der Waals surface area contributed by atoms with Crippen molar-refractivity contribution < 1.29 is 26.4 Å². The minimum atomic E-state index is -3.85. The van der Waals surface area contributed by atoms with Crippen LogP contribution >= 0.6 is 0 Å². The van der Waals surface area contributed by atoms with Crippen molar-refractivity contribution in [1.82, 2.24) is 20.4 Å². The quantitative estimate of drug-likeness (QED) is 0.0848. The molecule has 1 aliphatic rings. The van der Waals surface area contributed by atoms with Crippen LogP contribution < -0.4 is 20.1 Å². The Balaban J connectivity index is 0.781. The Bertz CT molecular complexity index is 2460. The van der Waals surface area contributed by atoms with Crippen molar-refractivity contribution in [3.8, 4) is 0 Å². The van der Waals surface area contributed by atoms with Crippen LogP contribution in [0.1, 0.15) is 33.6 Å². The van der Waals surface area contributed by atoms with Gasteiger partial charge >= 0.3 is 0 Å². The average Bonchev–Trinajstić information content (AvgIpc) is 3.23. The zero-order valence-corrected chi connectivity index (χ0v) is 33.6. The molecule has 0 aromatic heterocycles. The summed E-state index contributed by atoms with van der Waals surface area (Å²) in [5.74, 6) is -0.532. The summed E-state index contributed by atoms with van der Waals surface area (Å²) in [4.78, 5) is 30.9. The largest absolute Gasteiger partial charge is 0.352 e. The fourth-order valence-electron chi connectivity index (χ4n) is 6.99. The van der Waals surface area contributed by atoms with Gasteiger partial charge in [0.1, 0.15) is 0 Å². The smallest absolute Gasteiger partial charge is 0.261 e. The maximum Gasteiger partial charge on any atom is 0.261 e. The van der Waals surface area contributed by atoms with Gasteiger partial charge in [0.15, 0.2) is 0 Å². The van der Waals surface area contributed by atoms with E-state index in [2.05, 4.69) is 29.9 Å². The van der Waals surface area contributed by atoms with E-state index in [4.69, 9.17) is 0 Å². The Labute approximate surface area is 339 Å². The van der Waals surface area contributed by atoms with E-state index in [-0.39, 0.29) is 21.6 Å². The lowest BCUT2D eigenvalue weighted by atomic mass is 10.1. The van der Waals surface area contributed by atoms with Crippen molar-refractivity contribution in [1.29, 1.82) is 0 Å². The number of amides is 2. The van der Waals surface area contributed by atoms with Gasteiger partial charge in [-0.25, -0.2) is 16.8 Å². The maximum atomic E-state index is 13.1. The number of benzene rings is 6. The molecule has 0 spiro atoms. The van der Waals surface area contributed by atoms with Gasteiger partial charge in [0.05, 0.1) is 9.79 Å². The molecule has 14 heteroatoms. The highest BCUT2D eigenvalue weighted by atomic mass is 32.2. The molecule has 12 nitrogen and oxygen atoms in total. The highest BCUT2D eigenvalue weighted by Crippen LogP contribution is 2.24. The summed E-state index contributed by atoms with van der Waals surface area (Å²) >= 11 is 0. The van der Waals surface area contributed by atoms with Crippen LogP contribution in [0.3, 0.4) is 0 Å². The Morgan fingerprint density at radius 2 is 0.862 bits per heavy atom. The van der Waals surface area contributed by atoms with Gasteiger partial charge in [-0.3, -0.25) is 19.0 Å². The standard InChI is InChI=1S/C44H46N6O6S2/c51-43(37-13-5-15-39(29-37)47-57(53,54)41-19-17-33-9-1-3-11-35(33)31-41)45-21-7-23-49-25-27-50(28-26-49)24-8-22-46-44(52)38-14-6-16-40(30-38)48-58(55,56)42-20-18-34-10-2-4-12-36(34)32-42/h1-6,9-20,29-32,47-48H,7-8,21-28H2,(H,45,51)(H,46,52). The number of anilines is 2. The zero-order valence-electron chi connectivity index (χ0n) is 31.9. The molecule has 1 saturated heterocycles. The van der Waals surface area contributed by atoms with Crippen LogP contribution in [0.4, 0.5) is 11.4 Å². The number of hydrogen-bond acceptors (Lipinski definition) is 8. The Morgan fingerprint density at radius 1 is 0.466 bits per heavy atom. The number of carbonyl (C=O) groups is 2. The first-order valence-electron chi connectivity index (χ1n) is 19.3. The highest BCUT2D eigenvalue weighted by Gasteiger charge is 2.19. The molecule has 0 aliphatic carbocycles. The van der Waals surface area contributed by atoms with Crippen LogP contribution in [0, 0.1) is 0 Å². The van der Waals surface area contributed by atoms with Crippen LogP contribution in [0.25, 0.3) is 21.5 Å². The molecular formula is C44H46N6O6S2. The number of carbonyl (C=O) groups excluding carboxylic acids is 2. The number of nitrogens with zero attached hydrogens (tertiary/aromatic N) is 2. The van der Waals surface area contributed by atoms with Gasteiger partial charge in [-0.2, -0.15) is 0 Å². The molecule has 6 aromatic carbocycles. The van der Waals surface area contributed by atoms with Crippen LogP contribution in [0.5, 0.6) is 0 Å². The molecule has 0 saturated carbocycles. The number of nitrogens with one attached hydrogen (secondary N) is 4. The van der Waals surface area contributed by atoms with Crippen LogP contribution in [-0.2, 0) is 20.0 Å². The third kappa shape index (κ3) is 10.4. The van der Waals surface area contributed by atoms with Gasteiger partial charge < -0.3 is 20.4 Å². The summed E-state index contributed by atoms with van der Waals surface area (Å²) < 4.78 is 57.6. The van der Waals surface area contributed by atoms with Gasteiger partial charge in [0.2, 0.25) is 0 Å². The molecule has 6 aromatic rings. The second kappa shape index (κ2) is 18.2. The summed E-state index contributed by atoms with van der Waals surface area (Å²) in [7, 11) is -7.70. The molecule has 4 N–H and O–H groups in total. The summed E-state index contributed by atoms with van der Waals surface area (Å²) in [6.45, 7) is 6.28. The number of rotatable bonds is 16. The van der Waals surface area contributed by atoms with Gasteiger partial charge in [-0.15, -0.1) is 0 Å². The van der Waals surface area contributed by atoms with Crippen molar-refractivity contribution in [3.05, 3.63) is 145 Å². The van der Waals surface area contributed by atoms with E-state index in [0.29, 0.717) is 35.6 Å². The SMILES string of the molecule is O=C(NCCCN1CCN(CCCNC(=O)c2cccc(NS(=O)(=O)c3ccc4ccccc4c3)c2)CC1)c1cccc(NS(=O)(=O)c2ccc3ccccc3c2)c1. The third-order valence-electron chi connectivity index (χ3n) is 10.2. The first-order valence-corrected chi connectivity index (χ1v) is 22.2. The molecule has 7 rings (SSSR count). The molecule has 0 radical (unpaired) electrons. The molecule has 2 amide bonds. The molecule has 1 aliphatic heterocycles. The number of piperazine rings is 1. The lowest BCUT2D eigenvalue weighted by Crippen LogP contribution is -2.47. The van der Waals surface area contributed by atoms with Gasteiger partial charge in [-0.1, -0.05) is 72.8 Å². The van der Waals surface area contributed by atoms with Gasteiger partial charge in [0.25, 0.3) is 31.9 Å². The highest BCUT2D eigenvalue weighted by molar-refractivity contribution is 7.93. The Kier molecular flexibility index (Phi) is 12.7. The van der Waals surface area contributed by atoms with Gasteiger partial charge in [-0.05, 0) is 108 Å². The predicted molar refractivity (Wildman–Crippen MR) is 229 cm³/mol. The van der Waals surface area contributed by atoms with Crippen molar-refractivity contribution in [2.75, 3.05) is 61.8 Å². The number of hydrogen-bond donors (Lipinski definition) is 4. The summed E-state index contributed by atoms with van der Waals surface area (Å²) in [5, 5.41) is 9.45. The van der Waals surface area contributed by atoms with Crippen molar-refractivity contribution in [3.63, 3.8) is 0 Å². The van der Waals surface area contributed by atoms with E-state index in [0.717, 1.165) is 73.7 Å². The molecule has 1 fully saturated rings. The van der Waals surface area contributed by atoms with E-state index in [1.165, 1.54) is 12.1 Å². The predicted octanol–water partition coefficient (Wildman–Crippen LogP) is 6.15. The average molecular weight is 819 g/mol. The minimum absolute atomic E-state index is 0.148. The fourth-order valence-corrected chi connectivity index (χ4v) is 9.16. The third-order valence-corrected chi connectivity index (χ3v) is 12.9. The molecular weight excluding hydrogens is 773 g/mol. The van der Waals surface area contributed by atoms with E-state index in [1.54, 1.807) is 72.8 Å². The normalized spacial score (nSPS) is 13.9. The lowest BCUT2D eigenvalue weighted by molar-refractivity contribution is 0.0935. The van der Waals surface area contributed by atoms with Crippen molar-refractivity contribution in [2.45, 2.75) is 22.6 Å². The van der Waals surface area contributed by atoms with Crippen molar-refractivity contribution >= 4 is 64.8 Å². The molecule has 300 valence electrons. The first kappa shape index (κ1) is 40.4. The van der Waals surface area contributed by atoms with E-state index >= 15 is 0 Å². The number of sulfonamides is 2. The second-order valence-corrected chi connectivity index (χ2v) is 17.7. The minimum Gasteiger partial charge on any atom is -0.352 e. The van der Waals surface area contributed by atoms with E-state index in [9.17, 15) is 26.4 Å². The molecule has 0 bridgehead atoms. The summed E-state index contributed by atoms with van der Waals surface area (Å²) in [6.07, 6.45) is 1.55. The van der Waals surface area contributed by atoms with E-state index in [1.807, 2.05) is 48.5 Å². The zero-order chi connectivity index (χ0) is 40.5. The molecule has 0 unspecified atom stereocenters. The van der Waals surface area contributed by atoms with E-state index < -0.39 is 20.0 Å². The van der Waals surface area contributed by atoms with Crippen LogP contribution in [0.2, 0.25) is 0 Å².